The van der Waals surface area contributed by atoms with Gasteiger partial charge in [-0.1, -0.05) is 23.7 Å². The first-order chi connectivity index (χ1) is 12.5. The Bertz CT molecular complexity index is 914. The predicted molar refractivity (Wildman–Crippen MR) is 99.9 cm³/mol. The van der Waals surface area contributed by atoms with Gasteiger partial charge in [0.15, 0.2) is 5.69 Å². The predicted octanol–water partition coefficient (Wildman–Crippen LogP) is 4.44. The lowest BCUT2D eigenvalue weighted by atomic mass is 10.2. The zero-order valence-corrected chi connectivity index (χ0v) is 14.7. The maximum absolute atomic E-state index is 12.9. The Hall–Kier alpha value is -2.99. The van der Waals surface area contributed by atoms with Crippen molar-refractivity contribution in [2.75, 3.05) is 10.6 Å². The smallest absolute Gasteiger partial charge is 0.276 e. The van der Waals surface area contributed by atoms with E-state index in [4.69, 9.17) is 11.6 Å². The minimum Gasteiger partial charge on any atom is -0.365 e. The quantitative estimate of drug-likeness (QED) is 0.696. The molecule has 2 aromatic carbocycles. The number of nitrogens with zero attached hydrogens (tertiary/aromatic N) is 2. The Balaban J connectivity index is 1.61. The molecule has 1 amide bonds. The molecule has 1 aromatic heterocycles. The van der Waals surface area contributed by atoms with Crippen molar-refractivity contribution in [1.29, 1.82) is 0 Å². The van der Waals surface area contributed by atoms with Crippen LogP contribution in [0.5, 0.6) is 0 Å². The molecule has 1 heterocycles. The Morgan fingerprint density at radius 1 is 1.08 bits per heavy atom. The first kappa shape index (κ1) is 17.8. The van der Waals surface area contributed by atoms with Crippen molar-refractivity contribution in [3.63, 3.8) is 0 Å². The zero-order valence-electron chi connectivity index (χ0n) is 14.0. The van der Waals surface area contributed by atoms with Crippen molar-refractivity contribution >= 4 is 29.0 Å². The molecule has 0 saturated heterocycles. The van der Waals surface area contributed by atoms with Crippen LogP contribution in [0.1, 0.15) is 21.6 Å². The standard InChI is InChI=1S/C19H16ClFN4O/c1-12-10-14(20)4-7-16(12)23-19(26)17-8-9-18(25-24-17)22-11-13-2-5-15(21)6-3-13/h2-10H,11H2,1H3,(H,22,25)(H,23,26). The molecule has 3 aromatic rings. The Labute approximate surface area is 155 Å². The number of rotatable bonds is 5. The van der Waals surface area contributed by atoms with E-state index in [2.05, 4.69) is 20.8 Å². The van der Waals surface area contributed by atoms with Gasteiger partial charge in [0.1, 0.15) is 11.6 Å². The van der Waals surface area contributed by atoms with Crippen LogP contribution < -0.4 is 10.6 Å². The number of hydrogen-bond acceptors (Lipinski definition) is 4. The summed E-state index contributed by atoms with van der Waals surface area (Å²) in [4.78, 5) is 12.3. The molecule has 0 aliphatic heterocycles. The molecule has 0 bridgehead atoms. The average Bonchev–Trinajstić information content (AvgIpc) is 2.64. The van der Waals surface area contributed by atoms with Gasteiger partial charge in [0.05, 0.1) is 0 Å². The van der Waals surface area contributed by atoms with E-state index in [1.165, 1.54) is 12.1 Å². The summed E-state index contributed by atoms with van der Waals surface area (Å²) >= 11 is 5.91. The molecule has 132 valence electrons. The molecule has 3 rings (SSSR count). The maximum Gasteiger partial charge on any atom is 0.276 e. The summed E-state index contributed by atoms with van der Waals surface area (Å²) in [6, 6.07) is 14.6. The van der Waals surface area contributed by atoms with Crippen molar-refractivity contribution in [3.05, 3.63) is 82.3 Å². The van der Waals surface area contributed by atoms with Crippen molar-refractivity contribution in [2.45, 2.75) is 13.5 Å². The lowest BCUT2D eigenvalue weighted by Crippen LogP contribution is -2.15. The number of halogens is 2. The monoisotopic (exact) mass is 370 g/mol. The molecular weight excluding hydrogens is 355 g/mol. The number of hydrogen-bond donors (Lipinski definition) is 2. The summed E-state index contributed by atoms with van der Waals surface area (Å²) in [5.41, 5.74) is 2.64. The summed E-state index contributed by atoms with van der Waals surface area (Å²) in [5, 5.41) is 14.4. The molecule has 0 aliphatic carbocycles. The van der Waals surface area contributed by atoms with Gasteiger partial charge in [-0.3, -0.25) is 4.79 Å². The first-order valence-corrected chi connectivity index (χ1v) is 8.28. The second kappa shape index (κ2) is 7.93. The number of amides is 1. The Kier molecular flexibility index (Phi) is 5.43. The molecule has 26 heavy (non-hydrogen) atoms. The van der Waals surface area contributed by atoms with Gasteiger partial charge in [-0.2, -0.15) is 0 Å². The van der Waals surface area contributed by atoms with Gasteiger partial charge in [0.25, 0.3) is 5.91 Å². The topological polar surface area (TPSA) is 66.9 Å². The molecule has 2 N–H and O–H groups in total. The van der Waals surface area contributed by atoms with E-state index in [-0.39, 0.29) is 17.4 Å². The van der Waals surface area contributed by atoms with Gasteiger partial charge in [-0.15, -0.1) is 10.2 Å². The van der Waals surface area contributed by atoms with Crippen molar-refractivity contribution in [1.82, 2.24) is 10.2 Å². The maximum atomic E-state index is 12.9. The molecule has 5 nitrogen and oxygen atoms in total. The fraction of sp³-hybridized carbons (Fsp3) is 0.105. The van der Waals surface area contributed by atoms with E-state index in [1.807, 2.05) is 6.92 Å². The molecule has 7 heteroatoms. The van der Waals surface area contributed by atoms with Gasteiger partial charge in [0.2, 0.25) is 0 Å². The summed E-state index contributed by atoms with van der Waals surface area (Å²) in [5.74, 6) is -0.110. The van der Waals surface area contributed by atoms with E-state index < -0.39 is 0 Å². The van der Waals surface area contributed by atoms with Crippen LogP contribution in [0.3, 0.4) is 0 Å². The zero-order chi connectivity index (χ0) is 18.5. The molecule has 0 spiro atoms. The summed E-state index contributed by atoms with van der Waals surface area (Å²) in [7, 11) is 0. The largest absolute Gasteiger partial charge is 0.365 e. The molecule has 0 fully saturated rings. The number of carbonyl (C=O) groups excluding carboxylic acids is 1. The van der Waals surface area contributed by atoms with E-state index in [1.54, 1.807) is 42.5 Å². The van der Waals surface area contributed by atoms with E-state index in [0.717, 1.165) is 11.1 Å². The minimum absolute atomic E-state index is 0.201. The van der Waals surface area contributed by atoms with E-state index in [0.29, 0.717) is 23.1 Å². The highest BCUT2D eigenvalue weighted by Gasteiger charge is 2.10. The van der Waals surface area contributed by atoms with Crippen LogP contribution >= 0.6 is 11.6 Å². The van der Waals surface area contributed by atoms with Gasteiger partial charge >= 0.3 is 0 Å². The van der Waals surface area contributed by atoms with Gasteiger partial charge in [0, 0.05) is 17.3 Å². The van der Waals surface area contributed by atoms with Crippen LogP contribution in [0.15, 0.2) is 54.6 Å². The molecular formula is C19H16ClFN4O. The average molecular weight is 371 g/mol. The summed E-state index contributed by atoms with van der Waals surface area (Å²) in [6.07, 6.45) is 0. The molecule has 0 aliphatic rings. The summed E-state index contributed by atoms with van der Waals surface area (Å²) < 4.78 is 12.9. The van der Waals surface area contributed by atoms with Gasteiger partial charge in [-0.05, 0) is 60.5 Å². The normalized spacial score (nSPS) is 10.4. The van der Waals surface area contributed by atoms with Crippen LogP contribution in [0.25, 0.3) is 0 Å². The second-order valence-corrected chi connectivity index (χ2v) is 6.13. The summed E-state index contributed by atoms with van der Waals surface area (Å²) in [6.45, 7) is 2.33. The molecule has 0 unspecified atom stereocenters. The highest BCUT2D eigenvalue weighted by atomic mass is 35.5. The number of carbonyl (C=O) groups is 1. The lowest BCUT2D eigenvalue weighted by molar-refractivity contribution is 0.102. The van der Waals surface area contributed by atoms with E-state index >= 15 is 0 Å². The molecule has 0 atom stereocenters. The third-order valence-electron chi connectivity index (χ3n) is 3.72. The number of nitrogens with one attached hydrogen (secondary N) is 2. The van der Waals surface area contributed by atoms with Crippen molar-refractivity contribution < 1.29 is 9.18 Å². The van der Waals surface area contributed by atoms with Crippen LogP contribution in [-0.2, 0) is 6.54 Å². The second-order valence-electron chi connectivity index (χ2n) is 5.70. The lowest BCUT2D eigenvalue weighted by Gasteiger charge is -2.09. The van der Waals surface area contributed by atoms with Crippen molar-refractivity contribution in [2.24, 2.45) is 0 Å². The van der Waals surface area contributed by atoms with Crippen LogP contribution in [-0.4, -0.2) is 16.1 Å². The fourth-order valence-corrected chi connectivity index (χ4v) is 2.52. The van der Waals surface area contributed by atoms with Crippen LogP contribution in [0, 0.1) is 12.7 Å². The van der Waals surface area contributed by atoms with E-state index in [9.17, 15) is 9.18 Å². The van der Waals surface area contributed by atoms with Crippen molar-refractivity contribution in [3.8, 4) is 0 Å². The first-order valence-electron chi connectivity index (χ1n) is 7.91. The number of benzene rings is 2. The highest BCUT2D eigenvalue weighted by molar-refractivity contribution is 6.30. The third kappa shape index (κ3) is 4.55. The third-order valence-corrected chi connectivity index (χ3v) is 3.96. The number of aromatic nitrogens is 2. The highest BCUT2D eigenvalue weighted by Crippen LogP contribution is 2.20. The van der Waals surface area contributed by atoms with Crippen LogP contribution in [0.2, 0.25) is 5.02 Å². The molecule has 0 saturated carbocycles. The van der Waals surface area contributed by atoms with Crippen LogP contribution in [0.4, 0.5) is 15.9 Å². The number of aryl methyl sites for hydroxylation is 1. The fourth-order valence-electron chi connectivity index (χ4n) is 2.30. The SMILES string of the molecule is Cc1cc(Cl)ccc1NC(=O)c1ccc(NCc2ccc(F)cc2)nn1. The van der Waals surface area contributed by atoms with Gasteiger partial charge in [-0.25, -0.2) is 4.39 Å². The number of anilines is 2. The Morgan fingerprint density at radius 2 is 1.85 bits per heavy atom. The van der Waals surface area contributed by atoms with Gasteiger partial charge < -0.3 is 10.6 Å². The molecule has 0 radical (unpaired) electrons. The minimum atomic E-state index is -0.354. The Morgan fingerprint density at radius 3 is 2.50 bits per heavy atom.